The van der Waals surface area contributed by atoms with Gasteiger partial charge in [0.2, 0.25) is 0 Å². The lowest BCUT2D eigenvalue weighted by Gasteiger charge is -2.12. The van der Waals surface area contributed by atoms with E-state index >= 15 is 0 Å². The Bertz CT molecular complexity index is 663. The first kappa shape index (κ1) is 15.6. The lowest BCUT2D eigenvalue weighted by molar-refractivity contribution is -0.134. The minimum absolute atomic E-state index is 0.342. The van der Waals surface area contributed by atoms with E-state index < -0.39 is 5.97 Å². The summed E-state index contributed by atoms with van der Waals surface area (Å²) in [6.45, 7) is 0. The minimum atomic E-state index is -0.500. The Kier molecular flexibility index (Phi) is 5.14. The fourth-order valence-electron chi connectivity index (χ4n) is 1.83. The van der Waals surface area contributed by atoms with Crippen molar-refractivity contribution in [1.29, 1.82) is 0 Å². The van der Waals surface area contributed by atoms with Gasteiger partial charge in [0.1, 0.15) is 11.6 Å². The molecular weight excluding hydrogens is 285 g/mol. The lowest BCUT2D eigenvalue weighted by atomic mass is 10.1. The van der Waals surface area contributed by atoms with Crippen LogP contribution in [0.3, 0.4) is 0 Å². The van der Waals surface area contributed by atoms with E-state index in [1.165, 1.54) is 25.3 Å². The Hall–Kier alpha value is -2.82. The van der Waals surface area contributed by atoms with Gasteiger partial charge in [-0.3, -0.25) is 0 Å². The third-order valence-corrected chi connectivity index (χ3v) is 2.99. The number of ether oxygens (including phenoxy) is 2. The van der Waals surface area contributed by atoms with Crippen LogP contribution in [-0.2, 0) is 9.53 Å². The maximum absolute atomic E-state index is 13.0. The monoisotopic (exact) mass is 301 g/mol. The molecule has 0 spiro atoms. The number of esters is 1. The highest BCUT2D eigenvalue weighted by Gasteiger charge is 2.06. The highest BCUT2D eigenvalue weighted by molar-refractivity contribution is 5.94. The van der Waals surface area contributed by atoms with Crippen LogP contribution >= 0.6 is 0 Å². The smallest absolute Gasteiger partial charge is 0.332 e. The molecule has 4 nitrogen and oxygen atoms in total. The summed E-state index contributed by atoms with van der Waals surface area (Å²) >= 11 is 0. The number of hydrogen-bond acceptors (Lipinski definition) is 4. The molecule has 2 rings (SSSR count). The van der Waals surface area contributed by atoms with Gasteiger partial charge >= 0.3 is 5.97 Å². The second kappa shape index (κ2) is 7.26. The maximum atomic E-state index is 13.0. The molecule has 2 aromatic rings. The van der Waals surface area contributed by atoms with Crippen LogP contribution in [0.25, 0.3) is 5.70 Å². The van der Waals surface area contributed by atoms with Crippen LogP contribution in [0.5, 0.6) is 5.75 Å². The van der Waals surface area contributed by atoms with Gasteiger partial charge in [-0.2, -0.15) is 0 Å². The van der Waals surface area contributed by atoms with Gasteiger partial charge in [0.15, 0.2) is 0 Å². The average Bonchev–Trinajstić information content (AvgIpc) is 2.55. The molecule has 1 N–H and O–H groups in total. The summed E-state index contributed by atoms with van der Waals surface area (Å²) in [7, 11) is 2.89. The van der Waals surface area contributed by atoms with Crippen molar-refractivity contribution < 1.29 is 18.7 Å². The summed E-state index contributed by atoms with van der Waals surface area (Å²) in [6.07, 6.45) is 1.32. The average molecular weight is 301 g/mol. The zero-order valence-electron chi connectivity index (χ0n) is 12.3. The highest BCUT2D eigenvalue weighted by atomic mass is 19.1. The Morgan fingerprint density at radius 3 is 2.23 bits per heavy atom. The van der Waals surface area contributed by atoms with Crippen LogP contribution in [-0.4, -0.2) is 20.2 Å². The van der Waals surface area contributed by atoms with Crippen molar-refractivity contribution >= 4 is 17.4 Å². The van der Waals surface area contributed by atoms with Crippen molar-refractivity contribution in [3.8, 4) is 5.75 Å². The molecule has 0 radical (unpaired) electrons. The predicted octanol–water partition coefficient (Wildman–Crippen LogP) is 3.46. The number of anilines is 1. The van der Waals surface area contributed by atoms with E-state index in [0.717, 1.165) is 11.4 Å². The second-order valence-corrected chi connectivity index (χ2v) is 4.44. The van der Waals surface area contributed by atoms with Crippen molar-refractivity contribution in [2.24, 2.45) is 0 Å². The van der Waals surface area contributed by atoms with Gasteiger partial charge in [0, 0.05) is 11.8 Å². The number of methoxy groups -OCH3 is 2. The van der Waals surface area contributed by atoms with E-state index in [0.29, 0.717) is 11.3 Å². The molecule has 114 valence electrons. The molecule has 0 heterocycles. The van der Waals surface area contributed by atoms with E-state index in [1.54, 1.807) is 31.4 Å². The standard InChI is InChI=1S/C17H16FNO3/c1-21-15-9-7-14(8-10-15)19-16(11-17(20)22-2)12-3-5-13(18)6-4-12/h3-11,19H,1-2H3/b16-11-. The van der Waals surface area contributed by atoms with Crippen LogP contribution in [0.1, 0.15) is 5.56 Å². The molecule has 0 saturated heterocycles. The van der Waals surface area contributed by atoms with E-state index in [2.05, 4.69) is 10.1 Å². The topological polar surface area (TPSA) is 47.6 Å². The molecule has 0 amide bonds. The lowest BCUT2D eigenvalue weighted by Crippen LogP contribution is -2.04. The van der Waals surface area contributed by atoms with Gasteiger partial charge in [-0.25, -0.2) is 9.18 Å². The molecule has 0 bridgehead atoms. The molecule has 22 heavy (non-hydrogen) atoms. The molecule has 0 unspecified atom stereocenters. The van der Waals surface area contributed by atoms with Crippen molar-refractivity contribution in [2.75, 3.05) is 19.5 Å². The Morgan fingerprint density at radius 2 is 1.68 bits per heavy atom. The maximum Gasteiger partial charge on any atom is 0.332 e. The Labute approximate surface area is 128 Å². The summed E-state index contributed by atoms with van der Waals surface area (Å²) < 4.78 is 22.8. The van der Waals surface area contributed by atoms with Crippen molar-refractivity contribution in [3.05, 3.63) is 66.0 Å². The van der Waals surface area contributed by atoms with Gasteiger partial charge in [-0.15, -0.1) is 0 Å². The summed E-state index contributed by atoms with van der Waals surface area (Å²) in [4.78, 5) is 11.5. The first-order valence-corrected chi connectivity index (χ1v) is 6.59. The van der Waals surface area contributed by atoms with E-state index in [9.17, 15) is 9.18 Å². The van der Waals surface area contributed by atoms with Gasteiger partial charge in [0.25, 0.3) is 0 Å². The molecule has 0 saturated carbocycles. The Morgan fingerprint density at radius 1 is 1.05 bits per heavy atom. The summed E-state index contributed by atoms with van der Waals surface area (Å²) in [5, 5.41) is 3.11. The van der Waals surface area contributed by atoms with Gasteiger partial charge in [-0.1, -0.05) is 0 Å². The van der Waals surface area contributed by atoms with E-state index in [1.807, 2.05) is 12.1 Å². The van der Waals surface area contributed by atoms with Crippen molar-refractivity contribution in [3.63, 3.8) is 0 Å². The van der Waals surface area contributed by atoms with Gasteiger partial charge in [-0.05, 0) is 54.1 Å². The molecule has 0 aliphatic rings. The zero-order valence-corrected chi connectivity index (χ0v) is 12.3. The SMILES string of the molecule is COC(=O)/C=C(\Nc1ccc(OC)cc1)c1ccc(F)cc1. The third-order valence-electron chi connectivity index (χ3n) is 2.99. The quantitative estimate of drug-likeness (QED) is 0.678. The number of hydrogen-bond donors (Lipinski definition) is 1. The normalized spacial score (nSPS) is 11.0. The van der Waals surface area contributed by atoms with Gasteiger partial charge < -0.3 is 14.8 Å². The largest absolute Gasteiger partial charge is 0.497 e. The molecule has 5 heteroatoms. The third kappa shape index (κ3) is 4.09. The Balaban J connectivity index is 2.29. The minimum Gasteiger partial charge on any atom is -0.497 e. The predicted molar refractivity (Wildman–Crippen MR) is 83.0 cm³/mol. The number of halogens is 1. The van der Waals surface area contributed by atoms with E-state index in [-0.39, 0.29) is 5.82 Å². The highest BCUT2D eigenvalue weighted by Crippen LogP contribution is 2.21. The van der Waals surface area contributed by atoms with Gasteiger partial charge in [0.05, 0.1) is 19.9 Å². The first-order chi connectivity index (χ1) is 10.6. The number of nitrogens with one attached hydrogen (secondary N) is 1. The number of benzene rings is 2. The van der Waals surface area contributed by atoms with E-state index in [4.69, 9.17) is 4.74 Å². The summed E-state index contributed by atoms with van der Waals surface area (Å²) in [6, 6.07) is 13.0. The fraction of sp³-hybridized carbons (Fsp3) is 0.118. The summed E-state index contributed by atoms with van der Waals surface area (Å²) in [5.41, 5.74) is 1.94. The van der Waals surface area contributed by atoms with Crippen LogP contribution in [0.4, 0.5) is 10.1 Å². The van der Waals surface area contributed by atoms with Crippen LogP contribution < -0.4 is 10.1 Å². The zero-order chi connectivity index (χ0) is 15.9. The molecule has 0 aromatic heterocycles. The van der Waals surface area contributed by atoms with Crippen LogP contribution in [0, 0.1) is 5.82 Å². The van der Waals surface area contributed by atoms with Crippen molar-refractivity contribution in [1.82, 2.24) is 0 Å². The first-order valence-electron chi connectivity index (χ1n) is 6.59. The van der Waals surface area contributed by atoms with Crippen molar-refractivity contribution in [2.45, 2.75) is 0 Å². The van der Waals surface area contributed by atoms with Crippen LogP contribution in [0.2, 0.25) is 0 Å². The van der Waals surface area contributed by atoms with Crippen LogP contribution in [0.15, 0.2) is 54.6 Å². The number of carbonyl (C=O) groups is 1. The number of rotatable bonds is 5. The molecule has 2 aromatic carbocycles. The molecule has 0 fully saturated rings. The molecule has 0 aliphatic carbocycles. The summed E-state index contributed by atoms with van der Waals surface area (Å²) in [5.74, 6) is -0.114. The molecule has 0 atom stereocenters. The fourth-order valence-corrected chi connectivity index (χ4v) is 1.83. The number of carbonyl (C=O) groups excluding carboxylic acids is 1. The second-order valence-electron chi connectivity index (χ2n) is 4.44. The molecular formula is C17H16FNO3. The molecule has 0 aliphatic heterocycles.